The van der Waals surface area contributed by atoms with E-state index in [1.807, 2.05) is 30.3 Å². The number of carbonyl (C=O) groups excluding carboxylic acids is 1. The van der Waals surface area contributed by atoms with Gasteiger partial charge in [0.2, 0.25) is 0 Å². The Bertz CT molecular complexity index is 508. The molecule has 2 rings (SSSR count). The second-order valence-electron chi connectivity index (χ2n) is 4.59. The fraction of sp³-hybridized carbons (Fsp3) is 0.308. The Morgan fingerprint density at radius 3 is 2.43 bits per heavy atom. The molecule has 1 aromatic carbocycles. The molecule has 0 aliphatic carbocycles. The molecular weight excluding hydrogens is 309 g/mol. The van der Waals surface area contributed by atoms with Gasteiger partial charge in [-0.15, -0.1) is 5.47 Å². The third-order valence-corrected chi connectivity index (χ3v) is 3.13. The van der Waals surface area contributed by atoms with E-state index in [1.54, 1.807) is 0 Å². The van der Waals surface area contributed by atoms with Crippen LogP contribution in [0.4, 0.5) is 17.7 Å². The van der Waals surface area contributed by atoms with Gasteiger partial charge in [-0.05, 0) is 12.0 Å². The van der Waals surface area contributed by atoms with Crippen LogP contribution in [0.5, 0.6) is 0 Å². The van der Waals surface area contributed by atoms with E-state index in [-0.39, 0.29) is 77.5 Å². The van der Waals surface area contributed by atoms with Gasteiger partial charge in [-0.25, -0.2) is 4.79 Å². The normalized spacial score (nSPS) is 15.0. The summed E-state index contributed by atoms with van der Waals surface area (Å²) < 4.78 is 42.6. The average Bonchev–Trinajstić information content (AvgIpc) is 2.45. The summed E-state index contributed by atoms with van der Waals surface area (Å²) in [6, 6.07) is 9.12. The van der Waals surface area contributed by atoms with E-state index in [2.05, 4.69) is 0 Å². The van der Waals surface area contributed by atoms with Crippen molar-refractivity contribution in [3.05, 3.63) is 47.4 Å². The summed E-state index contributed by atoms with van der Waals surface area (Å²) in [5.41, 5.74) is 0.324. The van der Waals surface area contributed by atoms with Crippen LogP contribution in [0.25, 0.3) is 0 Å². The third kappa shape index (κ3) is 5.78. The van der Waals surface area contributed by atoms with E-state index in [0.29, 0.717) is 0 Å². The minimum absolute atomic E-state index is 0. The number of carbonyl (C=O) groups is 1. The Balaban J connectivity index is 0.00000220. The van der Waals surface area contributed by atoms with Crippen molar-refractivity contribution in [2.45, 2.75) is 13.0 Å². The quantitative estimate of drug-likeness (QED) is 0.751. The average molecular weight is 323 g/mol. The molecule has 1 heterocycles. The Morgan fingerprint density at radius 1 is 1.24 bits per heavy atom. The fourth-order valence-electron chi connectivity index (χ4n) is 1.96. The third-order valence-electron chi connectivity index (χ3n) is 3.13. The van der Waals surface area contributed by atoms with Crippen LogP contribution in [0.3, 0.4) is 0 Å². The maximum atomic E-state index is 12.5. The van der Waals surface area contributed by atoms with Crippen molar-refractivity contribution in [1.82, 2.24) is 4.90 Å². The zero-order chi connectivity index (χ0) is 14.6. The van der Waals surface area contributed by atoms with Gasteiger partial charge in [0, 0.05) is 13.1 Å². The van der Waals surface area contributed by atoms with Crippen molar-refractivity contribution in [2.24, 2.45) is 0 Å². The SMILES string of the molecule is O=C(OCc1ccccc1)N1CC=C([B-](F)(F)F)CC1.[K+]. The molecule has 108 valence electrons. The van der Waals surface area contributed by atoms with Gasteiger partial charge >= 0.3 is 64.5 Å². The van der Waals surface area contributed by atoms with Crippen LogP contribution in [-0.4, -0.2) is 31.1 Å². The van der Waals surface area contributed by atoms with Crippen molar-refractivity contribution in [3.8, 4) is 0 Å². The van der Waals surface area contributed by atoms with E-state index < -0.39 is 18.5 Å². The summed E-state index contributed by atoms with van der Waals surface area (Å²) in [7, 11) is 0. The molecule has 0 atom stereocenters. The first kappa shape index (κ1) is 18.8. The summed E-state index contributed by atoms with van der Waals surface area (Å²) in [5.74, 6) is 0. The van der Waals surface area contributed by atoms with Crippen molar-refractivity contribution < 1.29 is 73.9 Å². The molecule has 1 amide bonds. The van der Waals surface area contributed by atoms with Crippen molar-refractivity contribution in [3.63, 3.8) is 0 Å². The van der Waals surface area contributed by atoms with E-state index in [1.165, 1.54) is 4.90 Å². The van der Waals surface area contributed by atoms with Crippen LogP contribution < -0.4 is 51.4 Å². The van der Waals surface area contributed by atoms with Crippen LogP contribution in [0.2, 0.25) is 0 Å². The van der Waals surface area contributed by atoms with Crippen LogP contribution >= 0.6 is 0 Å². The summed E-state index contributed by atoms with van der Waals surface area (Å²) >= 11 is 0. The number of rotatable bonds is 3. The number of ether oxygens (including phenoxy) is 1. The minimum atomic E-state index is -4.94. The van der Waals surface area contributed by atoms with Gasteiger partial charge in [-0.3, -0.25) is 0 Å². The molecule has 1 aliphatic heterocycles. The molecule has 8 heteroatoms. The smallest absolute Gasteiger partial charge is 0.445 e. The second kappa shape index (κ2) is 8.38. The van der Waals surface area contributed by atoms with E-state index >= 15 is 0 Å². The summed E-state index contributed by atoms with van der Waals surface area (Å²) in [5, 5.41) is 0. The van der Waals surface area contributed by atoms with Gasteiger partial charge in [-0.2, -0.15) is 0 Å². The topological polar surface area (TPSA) is 29.5 Å². The van der Waals surface area contributed by atoms with Crippen LogP contribution in [0.15, 0.2) is 41.9 Å². The largest absolute Gasteiger partial charge is 1.00 e. The first-order valence-electron chi connectivity index (χ1n) is 6.31. The first-order chi connectivity index (χ1) is 9.47. The predicted molar refractivity (Wildman–Crippen MR) is 70.0 cm³/mol. The Morgan fingerprint density at radius 2 is 1.90 bits per heavy atom. The van der Waals surface area contributed by atoms with Gasteiger partial charge in [0.1, 0.15) is 6.61 Å². The first-order valence-corrected chi connectivity index (χ1v) is 6.31. The van der Waals surface area contributed by atoms with Gasteiger partial charge in [-0.1, -0.05) is 36.4 Å². The molecule has 0 N–H and O–H groups in total. The Kier molecular flexibility index (Phi) is 7.49. The molecule has 21 heavy (non-hydrogen) atoms. The number of amides is 1. The molecule has 0 unspecified atom stereocenters. The maximum absolute atomic E-state index is 12.5. The molecule has 0 spiro atoms. The van der Waals surface area contributed by atoms with Gasteiger partial charge in [0.25, 0.3) is 0 Å². The van der Waals surface area contributed by atoms with E-state index in [9.17, 15) is 17.7 Å². The Hall–Kier alpha value is -0.279. The molecule has 0 bridgehead atoms. The van der Waals surface area contributed by atoms with Crippen LogP contribution in [0.1, 0.15) is 12.0 Å². The molecule has 3 nitrogen and oxygen atoms in total. The summed E-state index contributed by atoms with van der Waals surface area (Å²) in [4.78, 5) is 13.0. The number of nitrogens with zero attached hydrogens (tertiary/aromatic N) is 1. The van der Waals surface area contributed by atoms with E-state index in [0.717, 1.165) is 11.6 Å². The van der Waals surface area contributed by atoms with Crippen molar-refractivity contribution in [2.75, 3.05) is 13.1 Å². The molecule has 0 fully saturated rings. The van der Waals surface area contributed by atoms with Crippen molar-refractivity contribution >= 4 is 13.1 Å². The summed E-state index contributed by atoms with van der Waals surface area (Å²) in [6.45, 7) is -4.83. The maximum Gasteiger partial charge on any atom is 1.00 e. The number of hydrogen-bond acceptors (Lipinski definition) is 2. The Labute approximate surface area is 164 Å². The molecule has 1 aromatic rings. The number of benzene rings is 1. The van der Waals surface area contributed by atoms with Crippen molar-refractivity contribution in [1.29, 1.82) is 0 Å². The minimum Gasteiger partial charge on any atom is -0.445 e. The number of hydrogen-bond donors (Lipinski definition) is 0. The molecule has 0 radical (unpaired) electrons. The number of halogens is 3. The zero-order valence-electron chi connectivity index (χ0n) is 11.8. The monoisotopic (exact) mass is 323 g/mol. The van der Waals surface area contributed by atoms with Crippen LogP contribution in [0, 0.1) is 0 Å². The predicted octanol–water partition coefficient (Wildman–Crippen LogP) is 0.346. The molecular formula is C13H14BF3KNO2. The van der Waals surface area contributed by atoms with Gasteiger partial charge in [0.05, 0.1) is 0 Å². The second-order valence-corrected chi connectivity index (χ2v) is 4.59. The molecule has 0 aromatic heterocycles. The van der Waals surface area contributed by atoms with Crippen LogP contribution in [-0.2, 0) is 11.3 Å². The fourth-order valence-corrected chi connectivity index (χ4v) is 1.96. The summed E-state index contributed by atoms with van der Waals surface area (Å²) in [6.07, 6.45) is 0.316. The molecule has 0 saturated heterocycles. The standard InChI is InChI=1S/C13H14BF3NO2.K/c15-14(16,17)12-6-8-18(9-7-12)13(19)20-10-11-4-2-1-3-5-11;/h1-6H,7-10H2;/q-1;+1. The van der Waals surface area contributed by atoms with Gasteiger partial charge < -0.3 is 22.6 Å². The molecule has 0 saturated carbocycles. The van der Waals surface area contributed by atoms with Gasteiger partial charge in [0.15, 0.2) is 0 Å². The van der Waals surface area contributed by atoms with E-state index in [4.69, 9.17) is 4.74 Å². The molecule has 1 aliphatic rings. The zero-order valence-corrected chi connectivity index (χ0v) is 14.9.